The molecule has 0 aromatic heterocycles. The van der Waals surface area contributed by atoms with Crippen molar-refractivity contribution in [2.75, 3.05) is 5.32 Å². The van der Waals surface area contributed by atoms with Gasteiger partial charge in [-0.2, -0.15) is 0 Å². The summed E-state index contributed by atoms with van der Waals surface area (Å²) in [5.41, 5.74) is 6.91. The van der Waals surface area contributed by atoms with Gasteiger partial charge in [0.1, 0.15) is 0 Å². The number of hydrogen-bond donors (Lipinski definition) is 1. The Labute approximate surface area is 115 Å². The SMILES string of the molecule is Cc1ccc(C2Nc3ccccc3CC2C)c(C)c1. The second-order valence-electron chi connectivity index (χ2n) is 5.82. The molecule has 1 heteroatoms. The summed E-state index contributed by atoms with van der Waals surface area (Å²) in [4.78, 5) is 0. The molecule has 2 unspecified atom stereocenters. The predicted molar refractivity (Wildman–Crippen MR) is 81.6 cm³/mol. The molecule has 2 aromatic rings. The van der Waals surface area contributed by atoms with E-state index in [0.29, 0.717) is 12.0 Å². The van der Waals surface area contributed by atoms with E-state index >= 15 is 0 Å². The molecule has 1 N–H and O–H groups in total. The molecule has 0 radical (unpaired) electrons. The van der Waals surface area contributed by atoms with Crippen LogP contribution in [0.1, 0.15) is 35.2 Å². The number of rotatable bonds is 1. The number of benzene rings is 2. The van der Waals surface area contributed by atoms with Gasteiger partial charge in [-0.3, -0.25) is 0 Å². The Kier molecular flexibility index (Phi) is 3.06. The fourth-order valence-corrected chi connectivity index (χ4v) is 3.17. The van der Waals surface area contributed by atoms with Gasteiger partial charge in [0.2, 0.25) is 0 Å². The van der Waals surface area contributed by atoms with Gasteiger partial charge in [0.25, 0.3) is 0 Å². The predicted octanol–water partition coefficient (Wildman–Crippen LogP) is 4.65. The Morgan fingerprint density at radius 3 is 2.63 bits per heavy atom. The molecule has 0 amide bonds. The van der Waals surface area contributed by atoms with Gasteiger partial charge in [0.15, 0.2) is 0 Å². The maximum Gasteiger partial charge on any atom is 0.0545 e. The van der Waals surface area contributed by atoms with E-state index in [1.54, 1.807) is 0 Å². The molecule has 0 saturated carbocycles. The standard InChI is InChI=1S/C18H21N/c1-12-8-9-16(13(2)10-12)18-14(3)11-15-6-4-5-7-17(15)19-18/h4-10,14,18-19H,11H2,1-3H3. The molecule has 0 bridgehead atoms. The van der Waals surface area contributed by atoms with Crippen LogP contribution in [0.2, 0.25) is 0 Å². The molecule has 1 aliphatic rings. The van der Waals surface area contributed by atoms with Crippen molar-refractivity contribution < 1.29 is 0 Å². The van der Waals surface area contributed by atoms with Gasteiger partial charge in [-0.1, -0.05) is 48.9 Å². The summed E-state index contributed by atoms with van der Waals surface area (Å²) in [7, 11) is 0. The highest BCUT2D eigenvalue weighted by Gasteiger charge is 2.26. The van der Waals surface area contributed by atoms with E-state index in [1.807, 2.05) is 0 Å². The first kappa shape index (κ1) is 12.3. The minimum atomic E-state index is 0.426. The second-order valence-corrected chi connectivity index (χ2v) is 5.82. The second kappa shape index (κ2) is 4.73. The van der Waals surface area contributed by atoms with Crippen LogP contribution in [0.25, 0.3) is 0 Å². The van der Waals surface area contributed by atoms with E-state index in [4.69, 9.17) is 0 Å². The third kappa shape index (κ3) is 2.25. The highest BCUT2D eigenvalue weighted by atomic mass is 14.9. The highest BCUT2D eigenvalue weighted by molar-refractivity contribution is 5.56. The van der Waals surface area contributed by atoms with Gasteiger partial charge >= 0.3 is 0 Å². The van der Waals surface area contributed by atoms with E-state index in [9.17, 15) is 0 Å². The summed E-state index contributed by atoms with van der Waals surface area (Å²) < 4.78 is 0. The fraction of sp³-hybridized carbons (Fsp3) is 0.333. The van der Waals surface area contributed by atoms with Crippen molar-refractivity contribution >= 4 is 5.69 Å². The van der Waals surface area contributed by atoms with E-state index in [0.717, 1.165) is 6.42 Å². The topological polar surface area (TPSA) is 12.0 Å². The highest BCUT2D eigenvalue weighted by Crippen LogP contribution is 2.37. The van der Waals surface area contributed by atoms with Crippen molar-refractivity contribution in [3.8, 4) is 0 Å². The van der Waals surface area contributed by atoms with E-state index in [-0.39, 0.29) is 0 Å². The van der Waals surface area contributed by atoms with Crippen molar-refractivity contribution in [1.82, 2.24) is 0 Å². The third-order valence-electron chi connectivity index (χ3n) is 4.20. The number of anilines is 1. The Bertz CT molecular complexity index is 600. The van der Waals surface area contributed by atoms with Crippen LogP contribution in [0.5, 0.6) is 0 Å². The maximum absolute atomic E-state index is 3.72. The summed E-state index contributed by atoms with van der Waals surface area (Å²) >= 11 is 0. The van der Waals surface area contributed by atoms with Crippen LogP contribution in [0, 0.1) is 19.8 Å². The van der Waals surface area contributed by atoms with Crippen LogP contribution in [0.3, 0.4) is 0 Å². The summed E-state index contributed by atoms with van der Waals surface area (Å²) in [6.07, 6.45) is 1.15. The largest absolute Gasteiger partial charge is 0.378 e. The lowest BCUT2D eigenvalue weighted by molar-refractivity contribution is 0.477. The van der Waals surface area contributed by atoms with Gasteiger partial charge in [-0.05, 0) is 48.9 Å². The van der Waals surface area contributed by atoms with Gasteiger partial charge in [0, 0.05) is 5.69 Å². The molecule has 3 rings (SSSR count). The normalized spacial score (nSPS) is 21.6. The van der Waals surface area contributed by atoms with Crippen molar-refractivity contribution in [2.24, 2.45) is 5.92 Å². The van der Waals surface area contributed by atoms with Gasteiger partial charge in [-0.25, -0.2) is 0 Å². The van der Waals surface area contributed by atoms with Crippen LogP contribution >= 0.6 is 0 Å². The van der Waals surface area contributed by atoms with Gasteiger partial charge < -0.3 is 5.32 Å². The summed E-state index contributed by atoms with van der Waals surface area (Å²) in [5.74, 6) is 0.622. The van der Waals surface area contributed by atoms with Crippen molar-refractivity contribution in [2.45, 2.75) is 33.2 Å². The average Bonchev–Trinajstić information content (AvgIpc) is 2.38. The molecule has 1 heterocycles. The number of nitrogens with one attached hydrogen (secondary N) is 1. The Hall–Kier alpha value is -1.76. The molecule has 98 valence electrons. The lowest BCUT2D eigenvalue weighted by Gasteiger charge is -2.34. The van der Waals surface area contributed by atoms with Crippen LogP contribution in [0.15, 0.2) is 42.5 Å². The van der Waals surface area contributed by atoms with E-state index in [2.05, 4.69) is 68.6 Å². The van der Waals surface area contributed by atoms with E-state index in [1.165, 1.54) is 27.9 Å². The van der Waals surface area contributed by atoms with Gasteiger partial charge in [-0.15, -0.1) is 0 Å². The number of hydrogen-bond acceptors (Lipinski definition) is 1. The Balaban J connectivity index is 1.98. The quantitative estimate of drug-likeness (QED) is 0.778. The number of fused-ring (bicyclic) bond motifs is 1. The van der Waals surface area contributed by atoms with Crippen LogP contribution in [-0.2, 0) is 6.42 Å². The zero-order chi connectivity index (χ0) is 13.4. The first-order chi connectivity index (χ1) is 9.15. The van der Waals surface area contributed by atoms with Crippen LogP contribution in [-0.4, -0.2) is 0 Å². The molecule has 1 nitrogen and oxygen atoms in total. The minimum Gasteiger partial charge on any atom is -0.378 e. The summed E-state index contributed by atoms with van der Waals surface area (Å²) in [5, 5.41) is 3.72. The first-order valence-corrected chi connectivity index (χ1v) is 7.07. The lowest BCUT2D eigenvalue weighted by Crippen LogP contribution is -2.26. The summed E-state index contributed by atoms with van der Waals surface area (Å²) in [6, 6.07) is 15.9. The lowest BCUT2D eigenvalue weighted by atomic mass is 9.83. The molecule has 0 fully saturated rings. The molecule has 2 aromatic carbocycles. The van der Waals surface area contributed by atoms with Crippen molar-refractivity contribution in [3.63, 3.8) is 0 Å². The minimum absolute atomic E-state index is 0.426. The van der Waals surface area contributed by atoms with Crippen molar-refractivity contribution in [1.29, 1.82) is 0 Å². The Morgan fingerprint density at radius 2 is 1.84 bits per heavy atom. The monoisotopic (exact) mass is 251 g/mol. The first-order valence-electron chi connectivity index (χ1n) is 7.07. The average molecular weight is 251 g/mol. The molecule has 0 aliphatic carbocycles. The molecular weight excluding hydrogens is 230 g/mol. The third-order valence-corrected chi connectivity index (χ3v) is 4.20. The fourth-order valence-electron chi connectivity index (χ4n) is 3.17. The maximum atomic E-state index is 3.72. The number of aryl methyl sites for hydroxylation is 2. The zero-order valence-electron chi connectivity index (χ0n) is 11.9. The molecular formula is C18H21N. The van der Waals surface area contributed by atoms with Gasteiger partial charge in [0.05, 0.1) is 6.04 Å². The molecule has 2 atom stereocenters. The zero-order valence-corrected chi connectivity index (χ0v) is 11.9. The van der Waals surface area contributed by atoms with Crippen LogP contribution < -0.4 is 5.32 Å². The van der Waals surface area contributed by atoms with Crippen molar-refractivity contribution in [3.05, 3.63) is 64.7 Å². The molecule has 0 spiro atoms. The molecule has 0 saturated heterocycles. The van der Waals surface area contributed by atoms with E-state index < -0.39 is 0 Å². The Morgan fingerprint density at radius 1 is 1.05 bits per heavy atom. The number of para-hydroxylation sites is 1. The molecule has 1 aliphatic heterocycles. The summed E-state index contributed by atoms with van der Waals surface area (Å²) in [6.45, 7) is 6.72. The van der Waals surface area contributed by atoms with Crippen LogP contribution in [0.4, 0.5) is 5.69 Å². The smallest absolute Gasteiger partial charge is 0.0545 e. The molecule has 19 heavy (non-hydrogen) atoms.